The lowest BCUT2D eigenvalue weighted by molar-refractivity contribution is 0.253. The van der Waals surface area contributed by atoms with E-state index in [2.05, 4.69) is 31.2 Å². The minimum absolute atomic E-state index is 0.803. The fourth-order valence-electron chi connectivity index (χ4n) is 2.66. The summed E-state index contributed by atoms with van der Waals surface area (Å²) in [5, 5.41) is 2.09. The minimum Gasteiger partial charge on any atom is -0.353 e. The second-order valence-corrected chi connectivity index (χ2v) is 6.07. The van der Waals surface area contributed by atoms with Crippen LogP contribution in [0, 0.1) is 0 Å². The molecule has 6 heteroatoms. The first-order valence-corrected chi connectivity index (χ1v) is 8.12. The van der Waals surface area contributed by atoms with Gasteiger partial charge in [0.25, 0.3) is 0 Å². The van der Waals surface area contributed by atoms with Crippen LogP contribution in [0.25, 0.3) is 10.2 Å². The number of unbranched alkanes of at least 4 members (excludes halogenated alkanes) is 1. The number of nitrogens with two attached hydrogens (primary N) is 1. The predicted molar refractivity (Wildman–Crippen MR) is 84.4 cm³/mol. The quantitative estimate of drug-likeness (QED) is 0.847. The molecule has 0 atom stereocenters. The number of piperazine rings is 1. The second-order valence-electron chi connectivity index (χ2n) is 5.16. The molecule has 1 fully saturated rings. The van der Waals surface area contributed by atoms with Crippen molar-refractivity contribution in [2.45, 2.75) is 12.8 Å². The molecule has 0 spiro atoms. The summed E-state index contributed by atoms with van der Waals surface area (Å²) in [6.45, 7) is 6.29. The smallest absolute Gasteiger partial charge is 0.150 e. The zero-order chi connectivity index (χ0) is 13.8. The van der Waals surface area contributed by atoms with Crippen LogP contribution < -0.4 is 10.6 Å². The van der Waals surface area contributed by atoms with Crippen LogP contribution in [0.5, 0.6) is 0 Å². The lowest BCUT2D eigenvalue weighted by Crippen LogP contribution is -2.47. The molecule has 1 saturated heterocycles. The van der Waals surface area contributed by atoms with E-state index in [1.807, 2.05) is 0 Å². The lowest BCUT2D eigenvalue weighted by Gasteiger charge is -2.35. The van der Waals surface area contributed by atoms with Gasteiger partial charge in [-0.15, -0.1) is 11.3 Å². The molecule has 0 aromatic carbocycles. The summed E-state index contributed by atoms with van der Waals surface area (Å²) in [7, 11) is 0. The van der Waals surface area contributed by atoms with Gasteiger partial charge in [-0.1, -0.05) is 0 Å². The Labute approximate surface area is 123 Å². The van der Waals surface area contributed by atoms with E-state index in [9.17, 15) is 0 Å². The molecule has 0 bridgehead atoms. The van der Waals surface area contributed by atoms with E-state index in [0.29, 0.717) is 0 Å². The molecule has 0 amide bonds. The Morgan fingerprint density at radius 3 is 2.80 bits per heavy atom. The average Bonchev–Trinajstić information content (AvgIpc) is 2.97. The van der Waals surface area contributed by atoms with Crippen molar-refractivity contribution in [2.75, 3.05) is 44.2 Å². The van der Waals surface area contributed by atoms with Gasteiger partial charge in [0.15, 0.2) is 0 Å². The number of nitrogens with zero attached hydrogens (tertiary/aromatic N) is 4. The number of aromatic nitrogens is 2. The SMILES string of the molecule is NCCCCN1CCN(c2ncnc3ccsc23)CC1. The van der Waals surface area contributed by atoms with E-state index in [4.69, 9.17) is 5.73 Å². The third kappa shape index (κ3) is 2.92. The zero-order valence-corrected chi connectivity index (χ0v) is 12.5. The Morgan fingerprint density at radius 2 is 2.00 bits per heavy atom. The largest absolute Gasteiger partial charge is 0.353 e. The number of rotatable bonds is 5. The van der Waals surface area contributed by atoms with E-state index in [0.717, 1.165) is 50.5 Å². The van der Waals surface area contributed by atoms with Gasteiger partial charge in [-0.05, 0) is 37.4 Å². The molecule has 3 heterocycles. The van der Waals surface area contributed by atoms with Crippen LogP contribution in [0.2, 0.25) is 0 Å². The maximum atomic E-state index is 5.55. The molecular weight excluding hydrogens is 270 g/mol. The molecule has 0 radical (unpaired) electrons. The van der Waals surface area contributed by atoms with Gasteiger partial charge in [-0.25, -0.2) is 9.97 Å². The van der Waals surface area contributed by atoms with Gasteiger partial charge in [0.2, 0.25) is 0 Å². The zero-order valence-electron chi connectivity index (χ0n) is 11.7. The molecule has 0 aliphatic carbocycles. The van der Waals surface area contributed by atoms with Crippen molar-refractivity contribution in [3.63, 3.8) is 0 Å². The van der Waals surface area contributed by atoms with Crippen LogP contribution in [0.15, 0.2) is 17.8 Å². The van der Waals surface area contributed by atoms with Crippen LogP contribution in [0.4, 0.5) is 5.82 Å². The number of anilines is 1. The van der Waals surface area contributed by atoms with Gasteiger partial charge in [0.1, 0.15) is 12.1 Å². The molecule has 3 rings (SSSR count). The highest BCUT2D eigenvalue weighted by Gasteiger charge is 2.19. The highest BCUT2D eigenvalue weighted by Crippen LogP contribution is 2.28. The normalized spacial score (nSPS) is 16.9. The van der Waals surface area contributed by atoms with Crippen molar-refractivity contribution in [3.05, 3.63) is 17.8 Å². The topological polar surface area (TPSA) is 58.3 Å². The summed E-state index contributed by atoms with van der Waals surface area (Å²) >= 11 is 1.73. The van der Waals surface area contributed by atoms with E-state index in [1.165, 1.54) is 17.7 Å². The third-order valence-electron chi connectivity index (χ3n) is 3.82. The summed E-state index contributed by atoms with van der Waals surface area (Å²) in [5.41, 5.74) is 6.61. The van der Waals surface area contributed by atoms with Crippen LogP contribution in [0.1, 0.15) is 12.8 Å². The Kier molecular flexibility index (Phi) is 4.44. The van der Waals surface area contributed by atoms with Crippen molar-refractivity contribution >= 4 is 27.4 Å². The van der Waals surface area contributed by atoms with E-state index < -0.39 is 0 Å². The van der Waals surface area contributed by atoms with Crippen molar-refractivity contribution in [3.8, 4) is 0 Å². The molecular formula is C14H21N5S. The van der Waals surface area contributed by atoms with Crippen LogP contribution in [0.3, 0.4) is 0 Å². The van der Waals surface area contributed by atoms with E-state index in [-0.39, 0.29) is 0 Å². The van der Waals surface area contributed by atoms with Crippen LogP contribution >= 0.6 is 11.3 Å². The Hall–Kier alpha value is -1.24. The van der Waals surface area contributed by atoms with Crippen LogP contribution in [-0.2, 0) is 0 Å². The lowest BCUT2D eigenvalue weighted by atomic mass is 10.2. The summed E-state index contributed by atoms with van der Waals surface area (Å²) in [6, 6.07) is 2.06. The van der Waals surface area contributed by atoms with Gasteiger partial charge in [-0.2, -0.15) is 0 Å². The van der Waals surface area contributed by atoms with Gasteiger partial charge in [0.05, 0.1) is 10.2 Å². The Bertz CT molecular complexity index is 547. The molecule has 2 N–H and O–H groups in total. The number of thiophene rings is 1. The number of hydrogen-bond acceptors (Lipinski definition) is 6. The Balaban J connectivity index is 1.62. The number of hydrogen-bond donors (Lipinski definition) is 1. The first-order valence-electron chi connectivity index (χ1n) is 7.24. The van der Waals surface area contributed by atoms with Gasteiger partial charge < -0.3 is 10.6 Å². The summed E-state index contributed by atoms with van der Waals surface area (Å²) in [6.07, 6.45) is 4.01. The molecule has 2 aromatic heterocycles. The van der Waals surface area contributed by atoms with Crippen molar-refractivity contribution in [1.29, 1.82) is 0 Å². The van der Waals surface area contributed by atoms with Crippen molar-refractivity contribution in [2.24, 2.45) is 5.73 Å². The fraction of sp³-hybridized carbons (Fsp3) is 0.571. The summed E-state index contributed by atoms with van der Waals surface area (Å²) in [4.78, 5) is 13.7. The highest BCUT2D eigenvalue weighted by atomic mass is 32.1. The minimum atomic E-state index is 0.803. The van der Waals surface area contributed by atoms with Crippen LogP contribution in [-0.4, -0.2) is 54.1 Å². The van der Waals surface area contributed by atoms with Crippen molar-refractivity contribution in [1.82, 2.24) is 14.9 Å². The van der Waals surface area contributed by atoms with E-state index in [1.54, 1.807) is 17.7 Å². The average molecular weight is 291 g/mol. The maximum Gasteiger partial charge on any atom is 0.150 e. The van der Waals surface area contributed by atoms with Crippen molar-refractivity contribution < 1.29 is 0 Å². The molecule has 2 aromatic rings. The Morgan fingerprint density at radius 1 is 1.15 bits per heavy atom. The summed E-state index contributed by atoms with van der Waals surface area (Å²) in [5.74, 6) is 1.10. The first kappa shape index (κ1) is 13.7. The molecule has 0 saturated carbocycles. The second kappa shape index (κ2) is 6.47. The molecule has 1 aliphatic rings. The molecule has 5 nitrogen and oxygen atoms in total. The van der Waals surface area contributed by atoms with Gasteiger partial charge >= 0.3 is 0 Å². The predicted octanol–water partition coefficient (Wildman–Crippen LogP) is 1.55. The van der Waals surface area contributed by atoms with E-state index >= 15 is 0 Å². The molecule has 20 heavy (non-hydrogen) atoms. The standard InChI is InChI=1S/C14H21N5S/c15-4-1-2-5-18-6-8-19(9-7-18)14-13-12(3-10-20-13)16-11-17-14/h3,10-11H,1-2,4-9,15H2. The maximum absolute atomic E-state index is 5.55. The third-order valence-corrected chi connectivity index (χ3v) is 4.72. The monoisotopic (exact) mass is 291 g/mol. The molecule has 1 aliphatic heterocycles. The summed E-state index contributed by atoms with van der Waals surface area (Å²) < 4.78 is 1.21. The molecule has 0 unspecified atom stereocenters. The van der Waals surface area contributed by atoms with Gasteiger partial charge in [-0.3, -0.25) is 4.90 Å². The highest BCUT2D eigenvalue weighted by molar-refractivity contribution is 7.17. The molecule has 108 valence electrons. The fourth-order valence-corrected chi connectivity index (χ4v) is 3.53. The van der Waals surface area contributed by atoms with Gasteiger partial charge in [0, 0.05) is 26.2 Å². The first-order chi connectivity index (χ1) is 9.88. The number of fused-ring (bicyclic) bond motifs is 1.